The van der Waals surface area contributed by atoms with Crippen LogP contribution in [0.3, 0.4) is 0 Å². The van der Waals surface area contributed by atoms with E-state index in [2.05, 4.69) is 39.8 Å². The second-order valence-corrected chi connectivity index (χ2v) is 8.14. The van der Waals surface area contributed by atoms with Crippen molar-refractivity contribution in [1.82, 2.24) is 5.32 Å². The number of carbonyl (C=O) groups excluding carboxylic acids is 2. The summed E-state index contributed by atoms with van der Waals surface area (Å²) in [5.41, 5.74) is 3.54. The number of nitrogens with zero attached hydrogens (tertiary/aromatic N) is 1. The van der Waals surface area contributed by atoms with Gasteiger partial charge >= 0.3 is 0 Å². The summed E-state index contributed by atoms with van der Waals surface area (Å²) in [7, 11) is 4.03. The zero-order valence-corrected chi connectivity index (χ0v) is 17.6. The highest BCUT2D eigenvalue weighted by molar-refractivity contribution is 5.90. The van der Waals surface area contributed by atoms with E-state index in [9.17, 15) is 9.59 Å². The molecule has 0 saturated heterocycles. The van der Waals surface area contributed by atoms with Gasteiger partial charge < -0.3 is 15.5 Å². The number of carbonyl (C=O) groups is 2. The summed E-state index contributed by atoms with van der Waals surface area (Å²) in [4.78, 5) is 26.7. The second kappa shape index (κ2) is 9.12. The molecule has 29 heavy (non-hydrogen) atoms. The third kappa shape index (κ3) is 4.97. The van der Waals surface area contributed by atoms with Gasteiger partial charge in [0.15, 0.2) is 0 Å². The highest BCUT2D eigenvalue weighted by atomic mass is 16.2. The molecular formula is C24H31N3O2. The van der Waals surface area contributed by atoms with Gasteiger partial charge in [0.25, 0.3) is 0 Å². The van der Waals surface area contributed by atoms with Crippen molar-refractivity contribution in [1.29, 1.82) is 0 Å². The Labute approximate surface area is 173 Å². The molecule has 3 rings (SSSR count). The predicted octanol–water partition coefficient (Wildman–Crippen LogP) is 4.23. The zero-order valence-electron chi connectivity index (χ0n) is 17.6. The molecule has 0 radical (unpaired) electrons. The second-order valence-electron chi connectivity index (χ2n) is 8.14. The Hall–Kier alpha value is -2.82. The van der Waals surface area contributed by atoms with Gasteiger partial charge in [0.1, 0.15) is 0 Å². The first-order valence-electron chi connectivity index (χ1n) is 10.3. The summed E-state index contributed by atoms with van der Waals surface area (Å²) in [5.74, 6) is 0.00400. The van der Waals surface area contributed by atoms with Crippen LogP contribution in [-0.4, -0.2) is 25.9 Å². The van der Waals surface area contributed by atoms with Crippen LogP contribution in [0.2, 0.25) is 0 Å². The molecule has 0 aliphatic heterocycles. The van der Waals surface area contributed by atoms with E-state index in [1.54, 1.807) is 0 Å². The standard InChI is InChI=1S/C24H31N3O2/c1-18(28)26-21-11-9-20(10-12-21)24(15-5-4-6-16-24)23(29)25-17-19-7-13-22(14-8-19)27(2)3/h7-14H,4-6,15-17H2,1-3H3,(H,25,29)(H,26,28). The largest absolute Gasteiger partial charge is 0.378 e. The lowest BCUT2D eigenvalue weighted by Crippen LogP contribution is -2.45. The molecule has 0 spiro atoms. The lowest BCUT2D eigenvalue weighted by Gasteiger charge is -2.36. The third-order valence-electron chi connectivity index (χ3n) is 5.81. The zero-order chi connectivity index (χ0) is 20.9. The molecule has 1 aliphatic carbocycles. The summed E-state index contributed by atoms with van der Waals surface area (Å²) in [5, 5.41) is 5.97. The van der Waals surface area contributed by atoms with Gasteiger partial charge in [0.2, 0.25) is 11.8 Å². The van der Waals surface area contributed by atoms with Gasteiger partial charge in [-0.05, 0) is 48.2 Å². The summed E-state index contributed by atoms with van der Waals surface area (Å²) in [6.45, 7) is 2.02. The summed E-state index contributed by atoms with van der Waals surface area (Å²) >= 11 is 0. The Bertz CT molecular complexity index is 835. The molecule has 2 aromatic rings. The molecule has 1 fully saturated rings. The number of nitrogens with one attached hydrogen (secondary N) is 2. The molecule has 154 valence electrons. The first kappa shape index (κ1) is 20.9. The van der Waals surface area contributed by atoms with Crippen molar-refractivity contribution in [2.45, 2.75) is 51.0 Å². The molecule has 5 heteroatoms. The van der Waals surface area contributed by atoms with Gasteiger partial charge in [-0.25, -0.2) is 0 Å². The molecule has 0 aromatic heterocycles. The summed E-state index contributed by atoms with van der Waals surface area (Å²) < 4.78 is 0. The van der Waals surface area contributed by atoms with Crippen LogP contribution in [0.15, 0.2) is 48.5 Å². The Morgan fingerprint density at radius 1 is 0.931 bits per heavy atom. The van der Waals surface area contributed by atoms with Crippen LogP contribution in [0.1, 0.15) is 50.2 Å². The van der Waals surface area contributed by atoms with E-state index in [0.717, 1.165) is 48.2 Å². The molecule has 0 bridgehead atoms. The SMILES string of the molecule is CC(=O)Nc1ccc(C2(C(=O)NCc3ccc(N(C)C)cc3)CCCCC2)cc1. The van der Waals surface area contributed by atoms with Crippen molar-refractivity contribution >= 4 is 23.2 Å². The van der Waals surface area contributed by atoms with Crippen LogP contribution in [0, 0.1) is 0 Å². The van der Waals surface area contributed by atoms with Crippen LogP contribution in [0.25, 0.3) is 0 Å². The maximum Gasteiger partial charge on any atom is 0.230 e. The van der Waals surface area contributed by atoms with Gasteiger partial charge in [0, 0.05) is 38.9 Å². The lowest BCUT2D eigenvalue weighted by atomic mass is 9.68. The molecule has 2 aromatic carbocycles. The van der Waals surface area contributed by atoms with Gasteiger partial charge in [-0.1, -0.05) is 43.5 Å². The Balaban J connectivity index is 1.75. The molecule has 2 amide bonds. The van der Waals surface area contributed by atoms with Gasteiger partial charge in [0.05, 0.1) is 5.41 Å². The van der Waals surface area contributed by atoms with Crippen molar-refractivity contribution in [2.75, 3.05) is 24.3 Å². The van der Waals surface area contributed by atoms with Crippen LogP contribution in [0.5, 0.6) is 0 Å². The smallest absolute Gasteiger partial charge is 0.230 e. The normalized spacial score (nSPS) is 15.4. The van der Waals surface area contributed by atoms with E-state index in [4.69, 9.17) is 0 Å². The van der Waals surface area contributed by atoms with Crippen molar-refractivity contribution < 1.29 is 9.59 Å². The number of anilines is 2. The number of hydrogen-bond acceptors (Lipinski definition) is 3. The minimum atomic E-state index is -0.490. The van der Waals surface area contributed by atoms with Crippen LogP contribution in [0.4, 0.5) is 11.4 Å². The van der Waals surface area contributed by atoms with E-state index >= 15 is 0 Å². The Morgan fingerprint density at radius 3 is 2.10 bits per heavy atom. The third-order valence-corrected chi connectivity index (χ3v) is 5.81. The fourth-order valence-corrected chi connectivity index (χ4v) is 4.14. The Morgan fingerprint density at radius 2 is 1.55 bits per heavy atom. The molecular weight excluding hydrogens is 362 g/mol. The molecule has 2 N–H and O–H groups in total. The van der Waals surface area contributed by atoms with Crippen molar-refractivity contribution in [3.05, 3.63) is 59.7 Å². The van der Waals surface area contributed by atoms with E-state index in [1.165, 1.54) is 13.3 Å². The fourth-order valence-electron chi connectivity index (χ4n) is 4.14. The molecule has 0 unspecified atom stereocenters. The van der Waals surface area contributed by atoms with Crippen molar-refractivity contribution in [3.63, 3.8) is 0 Å². The average molecular weight is 394 g/mol. The highest BCUT2D eigenvalue weighted by Crippen LogP contribution is 2.40. The maximum atomic E-state index is 13.3. The van der Waals surface area contributed by atoms with Gasteiger partial charge in [-0.15, -0.1) is 0 Å². The monoisotopic (exact) mass is 393 g/mol. The number of amides is 2. The predicted molar refractivity (Wildman–Crippen MR) is 118 cm³/mol. The number of hydrogen-bond donors (Lipinski definition) is 2. The van der Waals surface area contributed by atoms with Crippen LogP contribution in [-0.2, 0) is 21.5 Å². The molecule has 0 atom stereocenters. The van der Waals surface area contributed by atoms with E-state index in [-0.39, 0.29) is 11.8 Å². The van der Waals surface area contributed by atoms with Crippen molar-refractivity contribution in [2.24, 2.45) is 0 Å². The molecule has 5 nitrogen and oxygen atoms in total. The van der Waals surface area contributed by atoms with Gasteiger partial charge in [-0.2, -0.15) is 0 Å². The molecule has 1 aliphatic rings. The summed E-state index contributed by atoms with van der Waals surface area (Å²) in [6.07, 6.45) is 5.00. The minimum absolute atomic E-state index is 0.0943. The average Bonchev–Trinajstić information content (AvgIpc) is 2.73. The molecule has 0 heterocycles. The van der Waals surface area contributed by atoms with E-state index in [1.807, 2.05) is 38.4 Å². The fraction of sp³-hybridized carbons (Fsp3) is 0.417. The summed E-state index contributed by atoms with van der Waals surface area (Å²) in [6, 6.07) is 16.0. The molecule has 1 saturated carbocycles. The van der Waals surface area contributed by atoms with E-state index < -0.39 is 5.41 Å². The van der Waals surface area contributed by atoms with Crippen LogP contribution < -0.4 is 15.5 Å². The topological polar surface area (TPSA) is 61.4 Å². The van der Waals surface area contributed by atoms with E-state index in [0.29, 0.717) is 6.54 Å². The lowest BCUT2D eigenvalue weighted by molar-refractivity contribution is -0.128. The Kier molecular flexibility index (Phi) is 6.57. The highest BCUT2D eigenvalue weighted by Gasteiger charge is 2.40. The van der Waals surface area contributed by atoms with Gasteiger partial charge in [-0.3, -0.25) is 9.59 Å². The number of rotatable bonds is 6. The quantitative estimate of drug-likeness (QED) is 0.772. The van der Waals surface area contributed by atoms with Crippen molar-refractivity contribution in [3.8, 4) is 0 Å². The number of benzene rings is 2. The minimum Gasteiger partial charge on any atom is -0.378 e. The first-order chi connectivity index (χ1) is 13.9. The first-order valence-corrected chi connectivity index (χ1v) is 10.3. The maximum absolute atomic E-state index is 13.3. The van der Waals surface area contributed by atoms with Crippen LogP contribution >= 0.6 is 0 Å².